The molecular weight excluding hydrogens is 1250 g/mol. The maximum Gasteiger partial charge on any atom is 0.409 e. The van der Waals surface area contributed by atoms with Crippen LogP contribution in [0.15, 0.2) is 30.3 Å². The SMILES string of the molecule is CC(=O)OC[C@H]1O[C@H](O[C@H]2[C@H](OC(C)=O)[C@@H](OC(C)=O)[C@@H](O[C@H]3[C@H](OC(C)=O)[C@@H](OC(C)=O)[C@H](OC(COCCOCCOCCOCCOCCO)NC(=O)OCc4ccccc4)O[C@@H]3COC(C)=O)O[C@@H]2COC(C)=O)[C@H](OC(C)=O)[C@@H](OC(C)=O)[C@@H]1OC(C)=O. The second-order valence-electron chi connectivity index (χ2n) is 20.3. The highest BCUT2D eigenvalue weighted by Crippen LogP contribution is 2.38. The quantitative estimate of drug-likeness (QED) is 0.0364. The number of hydrogen-bond acceptors (Lipinski definition) is 34. The Balaban J connectivity index is 1.77. The summed E-state index contributed by atoms with van der Waals surface area (Å²) in [5, 5.41) is 11.3. The molecule has 0 saturated carbocycles. The molecule has 0 radical (unpaired) electrons. The molecule has 1 amide bonds. The minimum absolute atomic E-state index is 0.00161. The molecular formula is C58H83NO34. The first-order valence-electron chi connectivity index (χ1n) is 29.3. The van der Waals surface area contributed by atoms with Crippen LogP contribution in [0.1, 0.15) is 74.8 Å². The van der Waals surface area contributed by atoms with Gasteiger partial charge in [0.2, 0.25) is 6.29 Å². The zero-order chi connectivity index (χ0) is 68.6. The average Bonchev–Trinajstić information content (AvgIpc) is 0.775. The molecule has 16 atom stereocenters. The summed E-state index contributed by atoms with van der Waals surface area (Å²) in [6.07, 6.45) is -31.1. The molecule has 1 aromatic carbocycles. The van der Waals surface area contributed by atoms with Gasteiger partial charge < -0.3 is 109 Å². The van der Waals surface area contributed by atoms with Gasteiger partial charge in [0.15, 0.2) is 61.5 Å². The second-order valence-corrected chi connectivity index (χ2v) is 20.3. The maximum atomic E-state index is 13.5. The number of ether oxygens (including phenoxy) is 22. The van der Waals surface area contributed by atoms with Gasteiger partial charge in [-0.25, -0.2) is 4.79 Å². The fourth-order valence-corrected chi connectivity index (χ4v) is 9.17. The molecule has 93 heavy (non-hydrogen) atoms. The van der Waals surface area contributed by atoms with Gasteiger partial charge in [0, 0.05) is 69.2 Å². The Kier molecular flexibility index (Phi) is 34.8. The van der Waals surface area contributed by atoms with Gasteiger partial charge in [0.25, 0.3) is 0 Å². The van der Waals surface area contributed by atoms with Crippen LogP contribution in [-0.2, 0) is 159 Å². The van der Waals surface area contributed by atoms with Crippen molar-refractivity contribution in [1.82, 2.24) is 5.32 Å². The Hall–Kier alpha value is -7.29. The van der Waals surface area contributed by atoms with Crippen molar-refractivity contribution in [3.63, 3.8) is 0 Å². The van der Waals surface area contributed by atoms with E-state index in [1.807, 2.05) is 0 Å². The lowest BCUT2D eigenvalue weighted by molar-refractivity contribution is -0.382. The summed E-state index contributed by atoms with van der Waals surface area (Å²) in [7, 11) is 0. The predicted octanol–water partition coefficient (Wildman–Crippen LogP) is -0.513. The van der Waals surface area contributed by atoms with Gasteiger partial charge in [0.1, 0.15) is 56.9 Å². The van der Waals surface area contributed by atoms with Crippen LogP contribution >= 0.6 is 0 Å². The number of benzene rings is 1. The molecule has 0 spiro atoms. The highest BCUT2D eigenvalue weighted by Gasteiger charge is 2.60. The van der Waals surface area contributed by atoms with E-state index >= 15 is 0 Å². The number of aliphatic hydroxyl groups is 1. The van der Waals surface area contributed by atoms with E-state index in [2.05, 4.69) is 5.32 Å². The average molecular weight is 1340 g/mol. The van der Waals surface area contributed by atoms with Crippen molar-refractivity contribution in [2.75, 3.05) is 92.5 Å². The molecule has 3 aliphatic heterocycles. The van der Waals surface area contributed by atoms with Crippen molar-refractivity contribution >= 4 is 65.8 Å². The summed E-state index contributed by atoms with van der Waals surface area (Å²) in [6.45, 7) is 8.13. The zero-order valence-electron chi connectivity index (χ0n) is 53.2. The molecule has 3 saturated heterocycles. The first-order chi connectivity index (χ1) is 44.3. The fraction of sp³-hybridized carbons (Fsp3) is 0.707. The van der Waals surface area contributed by atoms with E-state index < -0.39 is 191 Å². The molecule has 3 aliphatic rings. The standard InChI is InChI=1S/C58H83NO34/c1-31(61)77-27-42-46(81-34(4)64)49(82-35(5)65)53(86-39(9)69)56(89-42)93-48-44(29-79-33(3)63)90-57(54(87-40(10)70)51(48)84-37(7)67)92-47-43(28-78-32(2)62)88-55(52(85-38(8)68)50(47)83-36(6)66)91-45(59-58(71)80-26-41-14-12-11-13-15-41)30-76-25-24-75-23-22-74-21-20-73-19-18-72-17-16-60/h11-15,42-57,60H,16-30H2,1-10H3,(H,59,71)/t42-,43-,44-,45?,46-,47-,48-,49+,50+,51+,52-,53-,54-,55+,56-,57-/m1/s1. The normalized spacial score (nSPS) is 26.1. The highest BCUT2D eigenvalue weighted by molar-refractivity contribution is 5.70. The van der Waals surface area contributed by atoms with Gasteiger partial charge in [-0.05, 0) is 5.56 Å². The molecule has 0 aromatic heterocycles. The van der Waals surface area contributed by atoms with E-state index in [4.69, 9.17) is 109 Å². The van der Waals surface area contributed by atoms with Crippen molar-refractivity contribution in [3.8, 4) is 0 Å². The van der Waals surface area contributed by atoms with Crippen LogP contribution in [-0.4, -0.2) is 262 Å². The molecule has 4 rings (SSSR count). The summed E-state index contributed by atoms with van der Waals surface area (Å²) < 4.78 is 127. The van der Waals surface area contributed by atoms with Crippen LogP contribution < -0.4 is 5.32 Å². The summed E-state index contributed by atoms with van der Waals surface area (Å²) in [4.78, 5) is 142. The Morgan fingerprint density at radius 3 is 1.09 bits per heavy atom. The van der Waals surface area contributed by atoms with Gasteiger partial charge in [-0.15, -0.1) is 0 Å². The number of esters is 10. The molecule has 524 valence electrons. The number of alkyl carbamates (subject to hydrolysis) is 1. The van der Waals surface area contributed by atoms with Crippen LogP contribution in [0.5, 0.6) is 0 Å². The first kappa shape index (κ1) is 78.2. The minimum atomic E-state index is -2.14. The molecule has 0 aliphatic carbocycles. The van der Waals surface area contributed by atoms with Crippen molar-refractivity contribution in [3.05, 3.63) is 35.9 Å². The Bertz CT molecular complexity index is 2560. The van der Waals surface area contributed by atoms with Crippen LogP contribution in [0.2, 0.25) is 0 Å². The number of amides is 1. The fourth-order valence-electron chi connectivity index (χ4n) is 9.17. The molecule has 35 nitrogen and oxygen atoms in total. The Labute approximate surface area is 534 Å². The summed E-state index contributed by atoms with van der Waals surface area (Å²) in [5.41, 5.74) is 0.605. The van der Waals surface area contributed by atoms with Crippen molar-refractivity contribution in [1.29, 1.82) is 0 Å². The maximum absolute atomic E-state index is 13.5. The van der Waals surface area contributed by atoms with E-state index in [1.165, 1.54) is 0 Å². The number of carbonyl (C=O) groups is 11. The molecule has 1 unspecified atom stereocenters. The lowest BCUT2D eigenvalue weighted by atomic mass is 9.95. The third-order valence-electron chi connectivity index (χ3n) is 12.6. The Morgan fingerprint density at radius 2 is 0.710 bits per heavy atom. The molecule has 0 bridgehead atoms. The largest absolute Gasteiger partial charge is 0.463 e. The van der Waals surface area contributed by atoms with Crippen LogP contribution in [0.4, 0.5) is 4.79 Å². The number of aliphatic hydroxyl groups excluding tert-OH is 1. The molecule has 2 N–H and O–H groups in total. The van der Waals surface area contributed by atoms with Crippen molar-refractivity contribution in [2.24, 2.45) is 0 Å². The van der Waals surface area contributed by atoms with Gasteiger partial charge in [-0.3, -0.25) is 53.3 Å². The third-order valence-corrected chi connectivity index (χ3v) is 12.6. The molecule has 3 fully saturated rings. The summed E-state index contributed by atoms with van der Waals surface area (Å²) in [6, 6.07) is 8.58. The van der Waals surface area contributed by atoms with E-state index in [0.29, 0.717) is 18.8 Å². The van der Waals surface area contributed by atoms with Gasteiger partial charge in [0.05, 0.1) is 72.7 Å². The third kappa shape index (κ3) is 28.9. The van der Waals surface area contributed by atoms with E-state index in [-0.39, 0.29) is 59.5 Å². The Morgan fingerprint density at radius 1 is 0.387 bits per heavy atom. The van der Waals surface area contributed by atoms with Gasteiger partial charge in [-0.1, -0.05) is 30.3 Å². The van der Waals surface area contributed by atoms with Crippen molar-refractivity contribution < 1.29 is 162 Å². The lowest BCUT2D eigenvalue weighted by Gasteiger charge is -2.50. The van der Waals surface area contributed by atoms with Gasteiger partial charge >= 0.3 is 65.8 Å². The number of carbonyl (C=O) groups excluding carboxylic acids is 11. The lowest BCUT2D eigenvalue weighted by Crippen LogP contribution is -2.69. The van der Waals surface area contributed by atoms with E-state index in [9.17, 15) is 52.7 Å². The number of rotatable bonds is 38. The van der Waals surface area contributed by atoms with Crippen molar-refractivity contribution in [2.45, 2.75) is 174 Å². The predicted molar refractivity (Wildman–Crippen MR) is 300 cm³/mol. The van der Waals surface area contributed by atoms with Crippen LogP contribution in [0.25, 0.3) is 0 Å². The van der Waals surface area contributed by atoms with Crippen LogP contribution in [0, 0.1) is 0 Å². The van der Waals surface area contributed by atoms with Crippen LogP contribution in [0.3, 0.4) is 0 Å². The molecule has 1 aromatic rings. The summed E-state index contributed by atoms with van der Waals surface area (Å²) >= 11 is 0. The second kappa shape index (κ2) is 41.4. The summed E-state index contributed by atoms with van der Waals surface area (Å²) in [5.74, 6) is -10.0. The van der Waals surface area contributed by atoms with E-state index in [1.54, 1.807) is 30.3 Å². The highest BCUT2D eigenvalue weighted by atomic mass is 16.8. The molecule has 35 heteroatoms. The van der Waals surface area contributed by atoms with E-state index in [0.717, 1.165) is 69.2 Å². The van der Waals surface area contributed by atoms with Gasteiger partial charge in [-0.2, -0.15) is 0 Å². The smallest absolute Gasteiger partial charge is 0.409 e. The topological polar surface area (TPSA) is 423 Å². The first-order valence-corrected chi connectivity index (χ1v) is 29.3. The number of nitrogens with one attached hydrogen (secondary N) is 1. The zero-order valence-corrected chi connectivity index (χ0v) is 53.2. The monoisotopic (exact) mass is 1340 g/mol. The number of hydrogen-bond donors (Lipinski definition) is 2. The minimum Gasteiger partial charge on any atom is -0.463 e. The molecule has 3 heterocycles.